The smallest absolute Gasteiger partial charge is 0.324 e. The predicted octanol–water partition coefficient (Wildman–Crippen LogP) is 3.71. The molecular formula is C15H14Cl2N2O4S. The number of halogens is 2. The molecule has 0 saturated heterocycles. The summed E-state index contributed by atoms with van der Waals surface area (Å²) in [7, 11) is -3.55. The van der Waals surface area contributed by atoms with Crippen LogP contribution in [-0.4, -0.2) is 25.3 Å². The molecule has 0 spiro atoms. The molecule has 0 saturated carbocycles. The normalized spacial score (nSPS) is 11.3. The van der Waals surface area contributed by atoms with Gasteiger partial charge >= 0.3 is 6.03 Å². The molecule has 0 bridgehead atoms. The molecule has 0 aromatic heterocycles. The molecule has 0 fully saturated rings. The van der Waals surface area contributed by atoms with Crippen LogP contribution in [0.3, 0.4) is 0 Å². The number of anilines is 2. The molecule has 0 radical (unpaired) electrons. The summed E-state index contributed by atoms with van der Waals surface area (Å²) < 4.78 is 24.1. The lowest BCUT2D eigenvalue weighted by molar-refractivity contribution is 0.256. The number of carbonyl (C=O) groups excluding carboxylic acids is 1. The number of amides is 2. The van der Waals surface area contributed by atoms with E-state index in [1.54, 1.807) is 6.07 Å². The van der Waals surface area contributed by atoms with Gasteiger partial charge in [0.05, 0.1) is 32.1 Å². The highest BCUT2D eigenvalue weighted by molar-refractivity contribution is 7.91. The van der Waals surface area contributed by atoms with Gasteiger partial charge in [-0.3, -0.25) is 4.90 Å². The summed E-state index contributed by atoms with van der Waals surface area (Å²) in [6.07, 6.45) is 0. The second kappa shape index (κ2) is 6.88. The van der Waals surface area contributed by atoms with Crippen molar-refractivity contribution in [2.75, 3.05) is 10.7 Å². The number of rotatable bonds is 4. The van der Waals surface area contributed by atoms with Crippen LogP contribution >= 0.6 is 23.2 Å². The van der Waals surface area contributed by atoms with Gasteiger partial charge in [0.2, 0.25) is 0 Å². The Morgan fingerprint density at radius 1 is 1.21 bits per heavy atom. The number of carbonyl (C=O) groups is 1. The molecule has 0 aliphatic heterocycles. The first kappa shape index (κ1) is 18.4. The fourth-order valence-corrected chi connectivity index (χ4v) is 3.35. The van der Waals surface area contributed by atoms with E-state index in [2.05, 4.69) is 0 Å². The Labute approximate surface area is 149 Å². The van der Waals surface area contributed by atoms with Gasteiger partial charge in [0.25, 0.3) is 0 Å². The van der Waals surface area contributed by atoms with E-state index in [-0.39, 0.29) is 37.8 Å². The van der Waals surface area contributed by atoms with Gasteiger partial charge in [-0.15, -0.1) is 0 Å². The maximum Gasteiger partial charge on any atom is 0.324 e. The largest absolute Gasteiger partial charge is 0.506 e. The number of benzene rings is 2. The molecule has 0 unspecified atom stereocenters. The molecule has 2 aromatic rings. The first-order valence-electron chi connectivity index (χ1n) is 6.78. The third kappa shape index (κ3) is 3.43. The predicted molar refractivity (Wildman–Crippen MR) is 94.0 cm³/mol. The zero-order chi connectivity index (χ0) is 18.1. The van der Waals surface area contributed by atoms with Crippen molar-refractivity contribution in [3.8, 4) is 5.75 Å². The van der Waals surface area contributed by atoms with Crippen molar-refractivity contribution in [3.05, 3.63) is 46.4 Å². The molecule has 2 rings (SSSR count). The molecule has 0 aliphatic carbocycles. The average molecular weight is 389 g/mol. The number of nitrogens with zero attached hydrogens (tertiary/aromatic N) is 1. The number of urea groups is 1. The summed E-state index contributed by atoms with van der Waals surface area (Å²) in [6, 6.07) is 7.16. The quantitative estimate of drug-likeness (QED) is 0.832. The van der Waals surface area contributed by atoms with Gasteiger partial charge in [-0.2, -0.15) is 0 Å². The van der Waals surface area contributed by atoms with Crippen LogP contribution in [0.1, 0.15) is 6.92 Å². The first-order chi connectivity index (χ1) is 11.2. The molecule has 2 amide bonds. The second-order valence-corrected chi connectivity index (χ2v) is 7.86. The molecule has 24 heavy (non-hydrogen) atoms. The van der Waals surface area contributed by atoms with E-state index >= 15 is 0 Å². The van der Waals surface area contributed by atoms with Crippen molar-refractivity contribution in [3.63, 3.8) is 0 Å². The summed E-state index contributed by atoms with van der Waals surface area (Å²) in [4.78, 5) is 12.8. The van der Waals surface area contributed by atoms with Crippen molar-refractivity contribution in [2.24, 2.45) is 5.73 Å². The van der Waals surface area contributed by atoms with Gasteiger partial charge in [-0.25, -0.2) is 13.2 Å². The number of aromatic hydroxyl groups is 1. The van der Waals surface area contributed by atoms with Crippen LogP contribution in [0.15, 0.2) is 41.3 Å². The van der Waals surface area contributed by atoms with E-state index in [1.807, 2.05) is 0 Å². The van der Waals surface area contributed by atoms with Crippen LogP contribution in [0.25, 0.3) is 0 Å². The van der Waals surface area contributed by atoms with Crippen molar-refractivity contribution in [1.29, 1.82) is 0 Å². The summed E-state index contributed by atoms with van der Waals surface area (Å²) in [5, 5.41) is 10.3. The monoisotopic (exact) mass is 388 g/mol. The molecule has 3 N–H and O–H groups in total. The minimum absolute atomic E-state index is 0.0427. The van der Waals surface area contributed by atoms with E-state index in [9.17, 15) is 18.3 Å². The van der Waals surface area contributed by atoms with E-state index < -0.39 is 15.9 Å². The maximum absolute atomic E-state index is 12.1. The number of phenolic OH excluding ortho intramolecular Hbond substituents is 1. The van der Waals surface area contributed by atoms with Gasteiger partial charge in [0, 0.05) is 0 Å². The zero-order valence-electron chi connectivity index (χ0n) is 12.5. The van der Waals surface area contributed by atoms with Crippen LogP contribution in [0.2, 0.25) is 10.0 Å². The summed E-state index contributed by atoms with van der Waals surface area (Å²) >= 11 is 12.1. The van der Waals surface area contributed by atoms with E-state index in [1.165, 1.54) is 31.2 Å². The third-order valence-corrected chi connectivity index (χ3v) is 5.86. The Morgan fingerprint density at radius 2 is 1.88 bits per heavy atom. The average Bonchev–Trinajstić information content (AvgIpc) is 2.53. The molecule has 128 valence electrons. The zero-order valence-corrected chi connectivity index (χ0v) is 14.9. The van der Waals surface area contributed by atoms with Crippen LogP contribution < -0.4 is 10.6 Å². The number of sulfone groups is 1. The van der Waals surface area contributed by atoms with Gasteiger partial charge in [-0.05, 0) is 30.3 Å². The number of primary amides is 1. The second-order valence-electron chi connectivity index (χ2n) is 4.80. The summed E-state index contributed by atoms with van der Waals surface area (Å²) in [5.41, 5.74) is 5.42. The Kier molecular flexibility index (Phi) is 5.27. The van der Waals surface area contributed by atoms with Crippen LogP contribution in [0.5, 0.6) is 5.75 Å². The van der Waals surface area contributed by atoms with Crippen molar-refractivity contribution in [2.45, 2.75) is 11.8 Å². The van der Waals surface area contributed by atoms with Crippen molar-refractivity contribution >= 4 is 50.4 Å². The lowest BCUT2D eigenvalue weighted by atomic mass is 10.2. The molecule has 0 atom stereocenters. The van der Waals surface area contributed by atoms with Crippen molar-refractivity contribution < 1.29 is 18.3 Å². The molecule has 6 nitrogen and oxygen atoms in total. The fraction of sp³-hybridized carbons (Fsp3) is 0.133. The van der Waals surface area contributed by atoms with E-state index in [0.717, 1.165) is 11.0 Å². The molecule has 2 aromatic carbocycles. The highest BCUT2D eigenvalue weighted by Crippen LogP contribution is 2.40. The Balaban J connectivity index is 2.72. The fourth-order valence-electron chi connectivity index (χ4n) is 2.07. The Morgan fingerprint density at radius 3 is 2.46 bits per heavy atom. The third-order valence-electron chi connectivity index (χ3n) is 3.32. The van der Waals surface area contributed by atoms with Crippen molar-refractivity contribution in [1.82, 2.24) is 0 Å². The van der Waals surface area contributed by atoms with Gasteiger partial charge in [0.15, 0.2) is 9.84 Å². The summed E-state index contributed by atoms with van der Waals surface area (Å²) in [6.45, 7) is 1.49. The number of hydrogen-bond donors (Lipinski definition) is 2. The van der Waals surface area contributed by atoms with Crippen LogP contribution in [0, 0.1) is 0 Å². The van der Waals surface area contributed by atoms with E-state index in [4.69, 9.17) is 28.9 Å². The minimum Gasteiger partial charge on any atom is -0.506 e. The molecular weight excluding hydrogens is 375 g/mol. The lowest BCUT2D eigenvalue weighted by Gasteiger charge is -2.23. The van der Waals surface area contributed by atoms with Gasteiger partial charge in [-0.1, -0.05) is 36.2 Å². The first-order valence-corrected chi connectivity index (χ1v) is 9.19. The number of phenols is 1. The minimum atomic E-state index is -3.55. The maximum atomic E-state index is 12.1. The Bertz CT molecular complexity index is 900. The van der Waals surface area contributed by atoms with Gasteiger partial charge in [0.1, 0.15) is 5.75 Å². The number of nitrogens with two attached hydrogens (primary N) is 1. The SMILES string of the molecule is CCS(=O)(=O)c1ccc(O)c(N(C(N)=O)c2cccc(Cl)c2Cl)c1. The number of hydrogen-bond acceptors (Lipinski definition) is 4. The Hall–Kier alpha value is -1.96. The van der Waals surface area contributed by atoms with Crippen LogP contribution in [0.4, 0.5) is 16.2 Å². The summed E-state index contributed by atoms with van der Waals surface area (Å²) in [5.74, 6) is -0.467. The molecule has 9 heteroatoms. The van der Waals surface area contributed by atoms with Gasteiger partial charge < -0.3 is 10.8 Å². The molecule has 0 aliphatic rings. The van der Waals surface area contributed by atoms with E-state index in [0.29, 0.717) is 0 Å². The molecule has 0 heterocycles. The highest BCUT2D eigenvalue weighted by Gasteiger charge is 2.24. The lowest BCUT2D eigenvalue weighted by Crippen LogP contribution is -2.32. The highest BCUT2D eigenvalue weighted by atomic mass is 35.5. The topological polar surface area (TPSA) is 101 Å². The van der Waals surface area contributed by atoms with Crippen LogP contribution in [-0.2, 0) is 9.84 Å². The standard InChI is InChI=1S/C15H14Cl2N2O4S/c1-2-24(22,23)9-6-7-13(20)12(8-9)19(15(18)21)11-5-3-4-10(16)14(11)17/h3-8,20H,2H2,1H3,(H2,18,21).